The molecule has 1 aliphatic rings. The number of carbonyl (C=O) groups is 1. The van der Waals surface area contributed by atoms with Gasteiger partial charge in [0.2, 0.25) is 0 Å². The molecule has 0 aliphatic carbocycles. The number of rotatable bonds is 4. The molecule has 24 heavy (non-hydrogen) atoms. The third-order valence-electron chi connectivity index (χ3n) is 3.88. The molecule has 3 unspecified atom stereocenters. The molecular weight excluding hydrogens is 386 g/mol. The molecule has 0 spiro atoms. The molecule has 1 fully saturated rings. The zero-order chi connectivity index (χ0) is 18.1. The normalized spacial score (nSPS) is 25.8. The minimum absolute atomic E-state index is 0.0221. The summed E-state index contributed by atoms with van der Waals surface area (Å²) >= 11 is 18.1. The van der Waals surface area contributed by atoms with Crippen molar-refractivity contribution in [2.24, 2.45) is 5.18 Å². The van der Waals surface area contributed by atoms with E-state index in [0.717, 1.165) is 7.11 Å². The lowest BCUT2D eigenvalue weighted by atomic mass is 9.88. The first kappa shape index (κ1) is 19.2. The van der Waals surface area contributed by atoms with Gasteiger partial charge in [-0.05, 0) is 12.5 Å². The fourth-order valence-electron chi connectivity index (χ4n) is 2.63. The summed E-state index contributed by atoms with van der Waals surface area (Å²) in [4.78, 5) is 23.1. The highest BCUT2D eigenvalue weighted by Crippen LogP contribution is 2.43. The lowest BCUT2D eigenvalue weighted by Gasteiger charge is -2.40. The summed E-state index contributed by atoms with van der Waals surface area (Å²) in [5.74, 6) is -1.65. The minimum atomic E-state index is -1.82. The largest absolute Gasteiger partial charge is 0.492 e. The Morgan fingerprint density at radius 2 is 2.08 bits per heavy atom. The van der Waals surface area contributed by atoms with Crippen molar-refractivity contribution in [1.29, 1.82) is 0 Å². The van der Waals surface area contributed by atoms with Crippen LogP contribution in [-0.4, -0.2) is 36.6 Å². The molecule has 1 saturated heterocycles. The molecule has 0 radical (unpaired) electrons. The summed E-state index contributed by atoms with van der Waals surface area (Å²) in [5, 5.41) is 5.79. The van der Waals surface area contributed by atoms with Crippen molar-refractivity contribution in [2.45, 2.75) is 28.9 Å². The van der Waals surface area contributed by atoms with Crippen molar-refractivity contribution in [3.05, 3.63) is 33.4 Å². The first-order valence-electron chi connectivity index (χ1n) is 6.83. The smallest absolute Gasteiger partial charge is 0.326 e. The summed E-state index contributed by atoms with van der Waals surface area (Å²) in [5.41, 5.74) is 0.141. The van der Waals surface area contributed by atoms with Gasteiger partial charge in [-0.3, -0.25) is 10.1 Å². The second kappa shape index (κ2) is 7.39. The summed E-state index contributed by atoms with van der Waals surface area (Å²) in [6, 6.07) is -0.330. The molecule has 10 heteroatoms. The van der Waals surface area contributed by atoms with Gasteiger partial charge < -0.3 is 9.47 Å². The van der Waals surface area contributed by atoms with Crippen molar-refractivity contribution in [2.75, 3.05) is 14.2 Å². The number of carbonyl (C=O) groups excluding carboxylic acids is 1. The highest BCUT2D eigenvalue weighted by Gasteiger charge is 2.53. The predicted molar refractivity (Wildman–Crippen MR) is 88.3 cm³/mol. The Labute approximate surface area is 152 Å². The fourth-order valence-corrected chi connectivity index (χ4v) is 3.42. The molecule has 1 heterocycles. The monoisotopic (exact) mass is 398 g/mol. The number of nitrogens with zero attached hydrogens (tertiary/aromatic N) is 1. The summed E-state index contributed by atoms with van der Waals surface area (Å²) in [7, 11) is 2.42. The van der Waals surface area contributed by atoms with E-state index in [1.54, 1.807) is 0 Å². The van der Waals surface area contributed by atoms with Crippen LogP contribution in [0, 0.1) is 10.7 Å². The Kier molecular flexibility index (Phi) is 5.91. The quantitative estimate of drug-likeness (QED) is 0.477. The highest BCUT2D eigenvalue weighted by molar-refractivity contribution is 6.50. The maximum absolute atomic E-state index is 14.6. The average molecular weight is 400 g/mol. The number of nitroso groups, excluding NO2 is 1. The lowest BCUT2D eigenvalue weighted by molar-refractivity contribution is -0.144. The Morgan fingerprint density at radius 3 is 2.62 bits per heavy atom. The van der Waals surface area contributed by atoms with Crippen LogP contribution < -0.4 is 10.1 Å². The van der Waals surface area contributed by atoms with Gasteiger partial charge in [0.1, 0.15) is 12.1 Å². The molecule has 1 N–H and O–H groups in total. The zero-order valence-corrected chi connectivity index (χ0v) is 15.0. The predicted octanol–water partition coefficient (Wildman–Crippen LogP) is 3.37. The molecule has 1 aromatic carbocycles. The van der Waals surface area contributed by atoms with Crippen LogP contribution >= 0.6 is 34.8 Å². The summed E-state index contributed by atoms with van der Waals surface area (Å²) in [6.45, 7) is 0. The van der Waals surface area contributed by atoms with Crippen LogP contribution in [0.25, 0.3) is 0 Å². The number of ether oxygens (including phenoxy) is 2. The van der Waals surface area contributed by atoms with E-state index in [4.69, 9.17) is 39.5 Å². The Morgan fingerprint density at radius 1 is 1.42 bits per heavy atom. The number of hydrogen-bond donors (Lipinski definition) is 1. The summed E-state index contributed by atoms with van der Waals surface area (Å²) in [6.07, 6.45) is -0.0221. The van der Waals surface area contributed by atoms with Gasteiger partial charge in [-0.1, -0.05) is 46.0 Å². The number of halogens is 4. The molecule has 2 rings (SSSR count). The van der Waals surface area contributed by atoms with E-state index in [9.17, 15) is 14.1 Å². The molecule has 1 aliphatic heterocycles. The Balaban J connectivity index is 2.45. The number of esters is 1. The fraction of sp³-hybridized carbons (Fsp3) is 0.500. The first-order valence-corrected chi connectivity index (χ1v) is 7.97. The van der Waals surface area contributed by atoms with Gasteiger partial charge in [-0.25, -0.2) is 4.39 Å². The highest BCUT2D eigenvalue weighted by atomic mass is 35.5. The number of nitrogens with one attached hydrogen (secondary N) is 1. The number of hydrogen-bond acceptors (Lipinski definition) is 6. The molecule has 0 amide bonds. The average Bonchev–Trinajstić information content (AvgIpc) is 2.54. The van der Waals surface area contributed by atoms with Gasteiger partial charge in [-0.2, -0.15) is 4.91 Å². The second-order valence-electron chi connectivity index (χ2n) is 5.19. The van der Waals surface area contributed by atoms with Crippen LogP contribution in [0.4, 0.5) is 4.39 Å². The standard InChI is InChI=1S/C14H14Cl3FN2O4/c1-23-11-7(15)4-3-6(10(11)18)8-5-9(20-22)14(16,17)12(19-8)13(21)24-2/h3-4,8-9,12,19H,5H2,1-2H3. The van der Waals surface area contributed by atoms with Gasteiger partial charge in [-0.15, -0.1) is 0 Å². The molecule has 0 bridgehead atoms. The number of methoxy groups -OCH3 is 2. The van der Waals surface area contributed by atoms with Gasteiger partial charge in [0.15, 0.2) is 15.9 Å². The van der Waals surface area contributed by atoms with E-state index in [-0.39, 0.29) is 22.8 Å². The molecule has 1 aromatic rings. The van der Waals surface area contributed by atoms with Crippen molar-refractivity contribution in [1.82, 2.24) is 5.32 Å². The maximum Gasteiger partial charge on any atom is 0.326 e. The van der Waals surface area contributed by atoms with E-state index < -0.39 is 34.2 Å². The van der Waals surface area contributed by atoms with Gasteiger partial charge >= 0.3 is 5.97 Å². The van der Waals surface area contributed by atoms with E-state index >= 15 is 0 Å². The van der Waals surface area contributed by atoms with Crippen LogP contribution in [0.5, 0.6) is 5.75 Å². The molecule has 0 saturated carbocycles. The first-order chi connectivity index (χ1) is 11.3. The molecular formula is C14H14Cl3FN2O4. The molecule has 3 atom stereocenters. The van der Waals surface area contributed by atoms with Crippen molar-refractivity contribution in [3.8, 4) is 5.75 Å². The van der Waals surface area contributed by atoms with Crippen molar-refractivity contribution in [3.63, 3.8) is 0 Å². The van der Waals surface area contributed by atoms with Crippen molar-refractivity contribution >= 4 is 40.8 Å². The number of benzene rings is 1. The molecule has 132 valence electrons. The van der Waals surface area contributed by atoms with E-state index in [1.807, 2.05) is 0 Å². The molecule has 0 aromatic heterocycles. The van der Waals surface area contributed by atoms with Crippen LogP contribution in [0.2, 0.25) is 5.02 Å². The zero-order valence-electron chi connectivity index (χ0n) is 12.7. The van der Waals surface area contributed by atoms with Crippen molar-refractivity contribution < 1.29 is 18.7 Å². The number of piperidine rings is 1. The second-order valence-corrected chi connectivity index (χ2v) is 7.04. The van der Waals surface area contributed by atoms with Crippen LogP contribution in [0.15, 0.2) is 17.3 Å². The van der Waals surface area contributed by atoms with Crippen LogP contribution in [0.3, 0.4) is 0 Å². The topological polar surface area (TPSA) is 77.0 Å². The third kappa shape index (κ3) is 3.31. The SMILES string of the molecule is COC(=O)C1NC(c2ccc(Cl)c(OC)c2F)CC(N=O)C1(Cl)Cl. The lowest BCUT2D eigenvalue weighted by Crippen LogP contribution is -2.60. The van der Waals surface area contributed by atoms with Gasteiger partial charge in [0, 0.05) is 11.6 Å². The van der Waals surface area contributed by atoms with Gasteiger partial charge in [0.05, 0.1) is 19.2 Å². The van der Waals surface area contributed by atoms with Crippen LogP contribution in [0.1, 0.15) is 18.0 Å². The van der Waals surface area contributed by atoms with Crippen LogP contribution in [-0.2, 0) is 9.53 Å². The molecule has 6 nitrogen and oxygen atoms in total. The minimum Gasteiger partial charge on any atom is -0.492 e. The number of alkyl halides is 2. The Bertz CT molecular complexity index is 659. The Hall–Kier alpha value is -1.15. The summed E-state index contributed by atoms with van der Waals surface area (Å²) < 4.78 is 22.4. The van der Waals surface area contributed by atoms with Gasteiger partial charge in [0.25, 0.3) is 0 Å². The third-order valence-corrected chi connectivity index (χ3v) is 5.12. The maximum atomic E-state index is 14.6. The van der Waals surface area contributed by atoms with E-state index in [1.165, 1.54) is 19.2 Å². The van der Waals surface area contributed by atoms with E-state index in [2.05, 4.69) is 15.2 Å². The van der Waals surface area contributed by atoms with E-state index in [0.29, 0.717) is 0 Å².